The van der Waals surface area contributed by atoms with Crippen LogP contribution in [0, 0.1) is 0 Å². The van der Waals surface area contributed by atoms with E-state index in [-0.39, 0.29) is 5.91 Å². The Morgan fingerprint density at radius 1 is 1.24 bits per heavy atom. The highest BCUT2D eigenvalue weighted by Gasteiger charge is 2.10. The second kappa shape index (κ2) is 8.62. The third-order valence-electron chi connectivity index (χ3n) is 3.66. The summed E-state index contributed by atoms with van der Waals surface area (Å²) in [6.45, 7) is 2.86. The van der Waals surface area contributed by atoms with Crippen LogP contribution in [0.2, 0.25) is 0 Å². The number of fused-ring (bicyclic) bond motifs is 1. The van der Waals surface area contributed by atoms with Gasteiger partial charge in [0.25, 0.3) is 5.91 Å². The Bertz CT molecular complexity index is 848. The van der Waals surface area contributed by atoms with Gasteiger partial charge < -0.3 is 5.32 Å². The molecule has 0 radical (unpaired) electrons. The standard InChI is InChI=1S/C18H21N5OS/c1-2-11-25-12-5-10-20-18(24)14-6-3-7-15(13-14)23-17-16(21-22-23)8-4-9-19-17/h3-4,6-9,13H,2,5,10-12H2,1H3,(H,20,24). The highest BCUT2D eigenvalue weighted by atomic mass is 32.2. The SMILES string of the molecule is CCCSCCCNC(=O)c1cccc(-n2nnc3cccnc32)c1. The minimum absolute atomic E-state index is 0.0697. The van der Waals surface area contributed by atoms with E-state index in [2.05, 4.69) is 27.5 Å². The summed E-state index contributed by atoms with van der Waals surface area (Å²) < 4.78 is 1.65. The zero-order chi connectivity index (χ0) is 17.5. The van der Waals surface area contributed by atoms with E-state index in [0.717, 1.165) is 23.4 Å². The van der Waals surface area contributed by atoms with Crippen LogP contribution in [-0.2, 0) is 0 Å². The van der Waals surface area contributed by atoms with Crippen molar-refractivity contribution in [3.63, 3.8) is 0 Å². The molecule has 0 spiro atoms. The van der Waals surface area contributed by atoms with Gasteiger partial charge in [-0.2, -0.15) is 16.4 Å². The van der Waals surface area contributed by atoms with Crippen LogP contribution in [0.3, 0.4) is 0 Å². The fourth-order valence-electron chi connectivity index (χ4n) is 2.44. The Kier molecular flexibility index (Phi) is 6.00. The first kappa shape index (κ1) is 17.4. The van der Waals surface area contributed by atoms with E-state index in [9.17, 15) is 4.79 Å². The average Bonchev–Trinajstić information content (AvgIpc) is 3.08. The van der Waals surface area contributed by atoms with Crippen molar-refractivity contribution in [2.75, 3.05) is 18.1 Å². The Morgan fingerprint density at radius 2 is 2.16 bits per heavy atom. The van der Waals surface area contributed by atoms with Gasteiger partial charge in [-0.25, -0.2) is 4.98 Å². The van der Waals surface area contributed by atoms with Crippen molar-refractivity contribution in [2.24, 2.45) is 0 Å². The Hall–Kier alpha value is -2.41. The predicted molar refractivity (Wildman–Crippen MR) is 101 cm³/mol. The van der Waals surface area contributed by atoms with Crippen molar-refractivity contribution < 1.29 is 4.79 Å². The van der Waals surface area contributed by atoms with E-state index in [4.69, 9.17) is 0 Å². The number of thioether (sulfide) groups is 1. The zero-order valence-corrected chi connectivity index (χ0v) is 15.0. The van der Waals surface area contributed by atoms with Crippen LogP contribution in [0.1, 0.15) is 30.1 Å². The van der Waals surface area contributed by atoms with Gasteiger partial charge in [-0.3, -0.25) is 4.79 Å². The minimum atomic E-state index is -0.0697. The molecule has 0 aliphatic heterocycles. The first-order valence-corrected chi connectivity index (χ1v) is 9.58. The van der Waals surface area contributed by atoms with Crippen LogP contribution in [0.15, 0.2) is 42.6 Å². The fourth-order valence-corrected chi connectivity index (χ4v) is 3.28. The molecule has 0 saturated carbocycles. The normalized spacial score (nSPS) is 10.9. The number of nitrogens with one attached hydrogen (secondary N) is 1. The molecule has 130 valence electrons. The summed E-state index contributed by atoms with van der Waals surface area (Å²) in [7, 11) is 0. The minimum Gasteiger partial charge on any atom is -0.352 e. The molecule has 2 aromatic heterocycles. The van der Waals surface area contributed by atoms with E-state index in [1.807, 2.05) is 42.1 Å². The van der Waals surface area contributed by atoms with E-state index < -0.39 is 0 Å². The lowest BCUT2D eigenvalue weighted by molar-refractivity contribution is 0.0954. The van der Waals surface area contributed by atoms with Gasteiger partial charge in [-0.05, 0) is 54.7 Å². The number of pyridine rings is 1. The molecule has 0 atom stereocenters. The van der Waals surface area contributed by atoms with Crippen LogP contribution in [0.4, 0.5) is 0 Å². The summed E-state index contributed by atoms with van der Waals surface area (Å²) in [4.78, 5) is 16.7. The maximum atomic E-state index is 12.3. The Labute approximate surface area is 151 Å². The number of benzene rings is 1. The maximum Gasteiger partial charge on any atom is 0.251 e. The molecule has 1 amide bonds. The van der Waals surface area contributed by atoms with Crippen molar-refractivity contribution in [2.45, 2.75) is 19.8 Å². The number of hydrogen-bond donors (Lipinski definition) is 1. The molecule has 6 nitrogen and oxygen atoms in total. The van der Waals surface area contributed by atoms with Gasteiger partial charge in [-0.15, -0.1) is 5.10 Å². The van der Waals surface area contributed by atoms with Crippen molar-refractivity contribution in [1.82, 2.24) is 25.3 Å². The summed E-state index contributed by atoms with van der Waals surface area (Å²) in [6, 6.07) is 11.0. The molecular weight excluding hydrogens is 334 g/mol. The molecule has 0 aliphatic rings. The summed E-state index contributed by atoms with van der Waals surface area (Å²) in [6.07, 6.45) is 3.87. The number of aromatic nitrogens is 4. The van der Waals surface area contributed by atoms with E-state index >= 15 is 0 Å². The van der Waals surface area contributed by atoms with Crippen LogP contribution in [0.5, 0.6) is 0 Å². The molecule has 7 heteroatoms. The smallest absolute Gasteiger partial charge is 0.251 e. The van der Waals surface area contributed by atoms with E-state index in [1.165, 1.54) is 12.2 Å². The van der Waals surface area contributed by atoms with Crippen molar-refractivity contribution in [1.29, 1.82) is 0 Å². The summed E-state index contributed by atoms with van der Waals surface area (Å²) >= 11 is 1.93. The first-order valence-electron chi connectivity index (χ1n) is 8.42. The summed E-state index contributed by atoms with van der Waals surface area (Å²) in [5, 5.41) is 11.2. The van der Waals surface area contributed by atoms with Gasteiger partial charge in [0.05, 0.1) is 5.69 Å². The van der Waals surface area contributed by atoms with Gasteiger partial charge in [0, 0.05) is 18.3 Å². The number of amides is 1. The quantitative estimate of drug-likeness (QED) is 0.629. The molecule has 25 heavy (non-hydrogen) atoms. The molecular formula is C18H21N5OS. The van der Waals surface area contributed by atoms with Gasteiger partial charge in [0.15, 0.2) is 5.65 Å². The van der Waals surface area contributed by atoms with Crippen LogP contribution in [-0.4, -0.2) is 43.9 Å². The molecule has 1 aromatic carbocycles. The monoisotopic (exact) mass is 355 g/mol. The van der Waals surface area contributed by atoms with Gasteiger partial charge >= 0.3 is 0 Å². The van der Waals surface area contributed by atoms with Crippen molar-refractivity contribution in [3.05, 3.63) is 48.2 Å². The van der Waals surface area contributed by atoms with Crippen molar-refractivity contribution >= 4 is 28.8 Å². The molecule has 1 N–H and O–H groups in total. The Morgan fingerprint density at radius 3 is 3.04 bits per heavy atom. The number of hydrogen-bond acceptors (Lipinski definition) is 5. The van der Waals surface area contributed by atoms with Crippen LogP contribution in [0.25, 0.3) is 16.9 Å². The first-order chi connectivity index (χ1) is 12.3. The van der Waals surface area contributed by atoms with E-state index in [0.29, 0.717) is 17.8 Å². The molecule has 0 aliphatic carbocycles. The average molecular weight is 355 g/mol. The largest absolute Gasteiger partial charge is 0.352 e. The summed E-state index contributed by atoms with van der Waals surface area (Å²) in [5.41, 5.74) is 2.78. The fraction of sp³-hybridized carbons (Fsp3) is 0.333. The molecule has 3 aromatic rings. The molecule has 0 fully saturated rings. The topological polar surface area (TPSA) is 72.7 Å². The van der Waals surface area contributed by atoms with E-state index in [1.54, 1.807) is 16.9 Å². The lowest BCUT2D eigenvalue weighted by atomic mass is 10.2. The van der Waals surface area contributed by atoms with Gasteiger partial charge in [0.2, 0.25) is 0 Å². The third kappa shape index (κ3) is 4.36. The second-order valence-corrected chi connectivity index (χ2v) is 6.84. The third-order valence-corrected chi connectivity index (χ3v) is 4.94. The highest BCUT2D eigenvalue weighted by Crippen LogP contribution is 2.15. The van der Waals surface area contributed by atoms with Crippen LogP contribution < -0.4 is 5.32 Å². The molecule has 0 unspecified atom stereocenters. The molecule has 3 rings (SSSR count). The second-order valence-electron chi connectivity index (χ2n) is 5.62. The predicted octanol–water partition coefficient (Wildman–Crippen LogP) is 3.08. The zero-order valence-electron chi connectivity index (χ0n) is 14.2. The molecule has 2 heterocycles. The number of rotatable bonds is 8. The number of carbonyl (C=O) groups excluding carboxylic acids is 1. The summed E-state index contributed by atoms with van der Waals surface area (Å²) in [5.74, 6) is 2.18. The molecule has 0 saturated heterocycles. The van der Waals surface area contributed by atoms with Gasteiger partial charge in [-0.1, -0.05) is 18.2 Å². The lowest BCUT2D eigenvalue weighted by Gasteiger charge is -2.07. The van der Waals surface area contributed by atoms with Gasteiger partial charge in [0.1, 0.15) is 5.52 Å². The molecule has 0 bridgehead atoms. The Balaban J connectivity index is 1.66. The maximum absolute atomic E-state index is 12.3. The number of nitrogens with zero attached hydrogens (tertiary/aromatic N) is 4. The highest BCUT2D eigenvalue weighted by molar-refractivity contribution is 7.99. The van der Waals surface area contributed by atoms with Crippen LogP contribution >= 0.6 is 11.8 Å². The van der Waals surface area contributed by atoms with Crippen molar-refractivity contribution in [3.8, 4) is 5.69 Å². The lowest BCUT2D eigenvalue weighted by Crippen LogP contribution is -2.25. The number of carbonyl (C=O) groups is 1.